The monoisotopic (exact) mass is 770 g/mol. The van der Waals surface area contributed by atoms with Gasteiger partial charge in [0, 0.05) is 39.0 Å². The van der Waals surface area contributed by atoms with Gasteiger partial charge in [0.15, 0.2) is 18.2 Å². The predicted octanol–water partition coefficient (Wildman–Crippen LogP) is 7.46. The van der Waals surface area contributed by atoms with Gasteiger partial charge in [-0.15, -0.1) is 0 Å². The highest BCUT2D eigenvalue weighted by Gasteiger charge is 2.70. The van der Waals surface area contributed by atoms with Crippen LogP contribution in [0.15, 0.2) is 11.1 Å². The Hall–Kier alpha value is -2.79. The van der Waals surface area contributed by atoms with Crippen molar-refractivity contribution in [3.63, 3.8) is 0 Å². The van der Waals surface area contributed by atoms with Gasteiger partial charge < -0.3 is 28.4 Å². The fourth-order valence-corrected chi connectivity index (χ4v) is 13.7. The zero-order valence-electron chi connectivity index (χ0n) is 35.2. The van der Waals surface area contributed by atoms with Gasteiger partial charge in [-0.3, -0.25) is 24.0 Å². The minimum Gasteiger partial charge on any atom is -0.469 e. The smallest absolute Gasteiger partial charge is 0.306 e. The van der Waals surface area contributed by atoms with E-state index in [0.717, 1.165) is 56.9 Å². The maximum absolute atomic E-state index is 13.8. The molecule has 5 fully saturated rings. The summed E-state index contributed by atoms with van der Waals surface area (Å²) in [5.74, 6) is -0.352. The van der Waals surface area contributed by atoms with Crippen LogP contribution in [0, 0.1) is 50.7 Å². The predicted molar refractivity (Wildman–Crippen MR) is 202 cm³/mol. The molecule has 6 aliphatic rings. The summed E-state index contributed by atoms with van der Waals surface area (Å²) in [6, 6.07) is 0. The Balaban J connectivity index is 1.26. The first-order valence-corrected chi connectivity index (χ1v) is 20.8. The quantitative estimate of drug-likeness (QED) is 0.131. The third kappa shape index (κ3) is 6.99. The number of rotatable bonds is 9. The van der Waals surface area contributed by atoms with Crippen LogP contribution in [0.25, 0.3) is 0 Å². The molecule has 0 spiro atoms. The van der Waals surface area contributed by atoms with Crippen LogP contribution < -0.4 is 0 Å². The van der Waals surface area contributed by atoms with E-state index in [2.05, 4.69) is 48.5 Å². The van der Waals surface area contributed by atoms with Crippen LogP contribution in [0.1, 0.15) is 140 Å². The second-order valence-corrected chi connectivity index (χ2v) is 19.6. The number of hydrogen-bond acceptors (Lipinski definition) is 11. The summed E-state index contributed by atoms with van der Waals surface area (Å²) in [7, 11) is 1.45. The van der Waals surface area contributed by atoms with Gasteiger partial charge in [0.25, 0.3) is 0 Å². The van der Waals surface area contributed by atoms with Crippen molar-refractivity contribution in [2.45, 2.75) is 171 Å². The molecule has 7 unspecified atom stereocenters. The topological polar surface area (TPSA) is 141 Å². The molecule has 0 bridgehead atoms. The minimum atomic E-state index is -0.948. The van der Waals surface area contributed by atoms with E-state index < -0.39 is 47.9 Å². The molecule has 1 saturated heterocycles. The van der Waals surface area contributed by atoms with Gasteiger partial charge in [-0.05, 0) is 102 Å². The van der Waals surface area contributed by atoms with Crippen molar-refractivity contribution in [3.8, 4) is 0 Å². The zero-order chi connectivity index (χ0) is 40.5. The Kier molecular flexibility index (Phi) is 11.3. The average molecular weight is 771 g/mol. The van der Waals surface area contributed by atoms with Crippen molar-refractivity contribution in [1.29, 1.82) is 0 Å². The second-order valence-electron chi connectivity index (χ2n) is 19.6. The lowest BCUT2D eigenvalue weighted by molar-refractivity contribution is -0.303. The Labute approximate surface area is 327 Å². The van der Waals surface area contributed by atoms with E-state index in [1.165, 1.54) is 33.5 Å². The number of esters is 4. The Bertz CT molecular complexity index is 1600. The van der Waals surface area contributed by atoms with Crippen molar-refractivity contribution in [2.24, 2.45) is 50.7 Å². The molecule has 4 saturated carbocycles. The molecule has 0 N–H and O–H groups in total. The summed E-state index contributed by atoms with van der Waals surface area (Å²) in [6.07, 6.45) is 5.18. The highest BCUT2D eigenvalue weighted by Crippen LogP contribution is 2.77. The third-order valence-electron chi connectivity index (χ3n) is 16.1. The molecular formula is C44H66O11. The first-order valence-electron chi connectivity index (χ1n) is 20.8. The molecule has 0 amide bonds. The number of carbonyl (C=O) groups excluding carboxylic acids is 5. The molecule has 0 aromatic carbocycles. The minimum absolute atomic E-state index is 0.0157. The molecule has 0 aromatic heterocycles. The van der Waals surface area contributed by atoms with Gasteiger partial charge in [0.05, 0.1) is 19.6 Å². The number of carbonyl (C=O) groups is 5. The van der Waals surface area contributed by atoms with Crippen LogP contribution in [-0.4, -0.2) is 74.1 Å². The zero-order valence-corrected chi connectivity index (χ0v) is 35.2. The van der Waals surface area contributed by atoms with Crippen molar-refractivity contribution in [1.82, 2.24) is 0 Å². The van der Waals surface area contributed by atoms with Crippen LogP contribution >= 0.6 is 0 Å². The Morgan fingerprint density at radius 3 is 2.13 bits per heavy atom. The van der Waals surface area contributed by atoms with Crippen molar-refractivity contribution in [3.05, 3.63) is 11.1 Å². The molecule has 12 atom stereocenters. The molecule has 55 heavy (non-hydrogen) atoms. The number of Topliss-reactive ketones (excluding diaryl/α,β-unsaturated/α-hetero) is 1. The summed E-state index contributed by atoms with van der Waals surface area (Å²) in [5, 5.41) is 0. The molecule has 6 rings (SSSR count). The van der Waals surface area contributed by atoms with Gasteiger partial charge in [-0.25, -0.2) is 0 Å². The summed E-state index contributed by atoms with van der Waals surface area (Å²) >= 11 is 0. The van der Waals surface area contributed by atoms with Crippen LogP contribution in [0.4, 0.5) is 0 Å². The van der Waals surface area contributed by atoms with Gasteiger partial charge in [0.1, 0.15) is 18.8 Å². The van der Waals surface area contributed by atoms with Gasteiger partial charge in [-0.1, -0.05) is 54.0 Å². The summed E-state index contributed by atoms with van der Waals surface area (Å²) in [4.78, 5) is 62.7. The highest BCUT2D eigenvalue weighted by atomic mass is 16.7. The van der Waals surface area contributed by atoms with E-state index in [1.54, 1.807) is 0 Å². The summed E-state index contributed by atoms with van der Waals surface area (Å²) in [6.45, 7) is 20.2. The third-order valence-corrected chi connectivity index (χ3v) is 16.1. The molecule has 11 nitrogen and oxygen atoms in total. The molecular weight excluding hydrogens is 704 g/mol. The largest absolute Gasteiger partial charge is 0.469 e. The highest BCUT2D eigenvalue weighted by molar-refractivity contribution is 6.01. The van der Waals surface area contributed by atoms with E-state index in [-0.39, 0.29) is 70.8 Å². The summed E-state index contributed by atoms with van der Waals surface area (Å²) in [5.41, 5.74) is 1.70. The lowest BCUT2D eigenvalue weighted by Crippen LogP contribution is -2.66. The van der Waals surface area contributed by atoms with Crippen LogP contribution in [0.3, 0.4) is 0 Å². The van der Waals surface area contributed by atoms with Crippen molar-refractivity contribution in [2.75, 3.05) is 13.7 Å². The molecule has 0 aromatic rings. The molecule has 308 valence electrons. The van der Waals surface area contributed by atoms with Gasteiger partial charge in [-0.2, -0.15) is 0 Å². The normalized spacial score (nSPS) is 42.0. The number of ether oxygens (including phenoxy) is 6. The first kappa shape index (κ1) is 41.8. The number of ketones is 1. The van der Waals surface area contributed by atoms with Crippen molar-refractivity contribution < 1.29 is 52.4 Å². The second kappa shape index (κ2) is 14.9. The van der Waals surface area contributed by atoms with E-state index in [1.807, 2.05) is 0 Å². The molecule has 0 radical (unpaired) electrons. The van der Waals surface area contributed by atoms with Crippen LogP contribution in [-0.2, 0) is 52.4 Å². The molecule has 11 heteroatoms. The molecule has 1 aliphatic heterocycles. The lowest BCUT2D eigenvalue weighted by Gasteiger charge is -2.72. The van der Waals surface area contributed by atoms with Gasteiger partial charge in [0.2, 0.25) is 0 Å². The molecule has 5 aliphatic carbocycles. The van der Waals surface area contributed by atoms with Crippen molar-refractivity contribution >= 4 is 29.7 Å². The van der Waals surface area contributed by atoms with E-state index in [4.69, 9.17) is 28.4 Å². The fraction of sp³-hybridized carbons (Fsp3) is 0.841. The first-order chi connectivity index (χ1) is 25.6. The van der Waals surface area contributed by atoms with E-state index in [9.17, 15) is 24.0 Å². The molecule has 1 heterocycles. The number of methoxy groups -OCH3 is 1. The summed E-state index contributed by atoms with van der Waals surface area (Å²) < 4.78 is 35.0. The van der Waals surface area contributed by atoms with Crippen LogP contribution in [0.2, 0.25) is 0 Å². The van der Waals surface area contributed by atoms with E-state index in [0.29, 0.717) is 18.3 Å². The maximum atomic E-state index is 13.8. The van der Waals surface area contributed by atoms with E-state index >= 15 is 0 Å². The number of fused-ring (bicyclic) bond motifs is 7. The fourth-order valence-electron chi connectivity index (χ4n) is 13.7. The van der Waals surface area contributed by atoms with Crippen LogP contribution in [0.5, 0.6) is 0 Å². The number of allylic oxidation sites excluding steroid dienone is 2. The number of hydrogen-bond donors (Lipinski definition) is 0. The lowest BCUT2D eigenvalue weighted by atomic mass is 9.33. The Morgan fingerprint density at radius 1 is 0.818 bits per heavy atom. The average Bonchev–Trinajstić information content (AvgIpc) is 3.37. The van der Waals surface area contributed by atoms with Gasteiger partial charge >= 0.3 is 23.9 Å². The SMILES string of the molecule is COC(=O)C[C@@]12CC[C@]3(C)C(CCC4[C@@]5(C)CC[C@H](OC6CC(OC(C)=O)C(OC(C)=O)C(COC(C)=O)O6)C(C)(C)C5CC[C@]43C)C1=C(C(C)C)C(=O)C2. The Morgan fingerprint density at radius 2 is 1.51 bits per heavy atom. The maximum Gasteiger partial charge on any atom is 0.306 e. The standard InChI is InChI=1S/C44H66O11/c1-24(2)37-29(48)21-44(22-35(49)50-11)19-18-42(9)28(38(37)44)12-13-33-41(8)16-15-34(40(6,7)32(41)14-17-43(33,42)10)55-36-20-30(52-26(4)46)39(53-27(5)47)31(54-36)23-51-25(3)45/h24,28,30-34,36,39H,12-23H2,1-11H3/t28?,30?,31?,32?,33?,34-,36?,39?,41-,42+,43+,44-/m0/s1.